The number of nitrogen functional groups attached to an aromatic ring is 1. The highest BCUT2D eigenvalue weighted by Gasteiger charge is 2.11. The topological polar surface area (TPSA) is 73.0 Å². The van der Waals surface area contributed by atoms with Gasteiger partial charge in [0.05, 0.1) is 18.8 Å². The summed E-state index contributed by atoms with van der Waals surface area (Å²) in [5, 5.41) is 2.98. The first-order valence-electron chi connectivity index (χ1n) is 5.74. The van der Waals surface area contributed by atoms with Gasteiger partial charge in [0.25, 0.3) is 5.56 Å². The van der Waals surface area contributed by atoms with Crippen LogP contribution in [0.3, 0.4) is 0 Å². The summed E-state index contributed by atoms with van der Waals surface area (Å²) in [7, 11) is 1.57. The van der Waals surface area contributed by atoms with E-state index in [-0.39, 0.29) is 11.2 Å². The maximum absolute atomic E-state index is 11.9. The number of hydrogen-bond acceptors (Lipinski definition) is 3. The van der Waals surface area contributed by atoms with Crippen molar-refractivity contribution in [1.29, 1.82) is 0 Å². The lowest BCUT2D eigenvalue weighted by Gasteiger charge is -2.05. The van der Waals surface area contributed by atoms with Gasteiger partial charge < -0.3 is 10.5 Å². The van der Waals surface area contributed by atoms with Crippen molar-refractivity contribution in [3.8, 4) is 0 Å². The number of aryl methyl sites for hydroxylation is 1. The molecule has 0 radical (unpaired) electrons. The molecule has 2 aromatic rings. The third kappa shape index (κ3) is 2.31. The normalized spacial score (nSPS) is 10.8. The minimum absolute atomic E-state index is 0.203. The van der Waals surface area contributed by atoms with Gasteiger partial charge in [0, 0.05) is 7.11 Å². The van der Waals surface area contributed by atoms with E-state index in [1.807, 2.05) is 31.2 Å². The van der Waals surface area contributed by atoms with Gasteiger partial charge in [0.15, 0.2) is 0 Å². The number of aromatic nitrogens is 2. The molecular formula is C13H17N3O2. The van der Waals surface area contributed by atoms with Gasteiger partial charge in [-0.1, -0.05) is 24.3 Å². The maximum atomic E-state index is 11.9. The molecule has 0 unspecified atom stereocenters. The van der Waals surface area contributed by atoms with E-state index in [9.17, 15) is 4.79 Å². The number of nitrogens with one attached hydrogen (secondary N) is 1. The predicted molar refractivity (Wildman–Crippen MR) is 70.5 cm³/mol. The first-order chi connectivity index (χ1) is 8.63. The van der Waals surface area contributed by atoms with E-state index >= 15 is 0 Å². The second-order valence-electron chi connectivity index (χ2n) is 4.25. The molecule has 0 fully saturated rings. The number of benzene rings is 1. The zero-order valence-corrected chi connectivity index (χ0v) is 10.6. The van der Waals surface area contributed by atoms with Crippen molar-refractivity contribution < 1.29 is 4.74 Å². The van der Waals surface area contributed by atoms with Gasteiger partial charge in [-0.25, -0.2) is 4.68 Å². The van der Waals surface area contributed by atoms with Crippen LogP contribution in [0.15, 0.2) is 29.1 Å². The van der Waals surface area contributed by atoms with Crippen LogP contribution in [0.25, 0.3) is 0 Å². The quantitative estimate of drug-likeness (QED) is 0.854. The molecule has 0 aliphatic heterocycles. The van der Waals surface area contributed by atoms with Crippen molar-refractivity contribution in [3.05, 3.63) is 51.4 Å². The highest BCUT2D eigenvalue weighted by Crippen LogP contribution is 2.10. The molecule has 18 heavy (non-hydrogen) atoms. The third-order valence-corrected chi connectivity index (χ3v) is 2.95. The lowest BCUT2D eigenvalue weighted by Crippen LogP contribution is -2.19. The molecule has 2 rings (SSSR count). The monoisotopic (exact) mass is 247 g/mol. The van der Waals surface area contributed by atoms with Crippen molar-refractivity contribution >= 4 is 5.69 Å². The first kappa shape index (κ1) is 12.4. The Bertz CT molecular complexity index is 599. The van der Waals surface area contributed by atoms with E-state index in [0.717, 1.165) is 11.1 Å². The third-order valence-electron chi connectivity index (χ3n) is 2.95. The summed E-state index contributed by atoms with van der Waals surface area (Å²) < 4.78 is 6.49. The number of aromatic amines is 1. The number of methoxy groups -OCH3 is 1. The van der Waals surface area contributed by atoms with Crippen LogP contribution in [0.4, 0.5) is 5.69 Å². The van der Waals surface area contributed by atoms with Crippen LogP contribution in [0, 0.1) is 6.92 Å². The summed E-state index contributed by atoms with van der Waals surface area (Å²) in [6.45, 7) is 2.81. The number of nitrogens with zero attached hydrogens (tertiary/aromatic N) is 1. The minimum Gasteiger partial charge on any atom is -0.393 e. The molecule has 0 atom stereocenters. The highest BCUT2D eigenvalue weighted by atomic mass is 16.5. The van der Waals surface area contributed by atoms with Gasteiger partial charge in [-0.2, -0.15) is 0 Å². The molecular weight excluding hydrogens is 230 g/mol. The number of nitrogens with two attached hydrogens (primary N) is 1. The Hall–Kier alpha value is -2.01. The highest BCUT2D eigenvalue weighted by molar-refractivity contribution is 5.40. The fourth-order valence-electron chi connectivity index (χ4n) is 1.87. The summed E-state index contributed by atoms with van der Waals surface area (Å²) >= 11 is 0. The minimum atomic E-state index is -0.203. The van der Waals surface area contributed by atoms with E-state index in [4.69, 9.17) is 10.5 Å². The Kier molecular flexibility index (Phi) is 3.53. The number of anilines is 1. The van der Waals surface area contributed by atoms with Gasteiger partial charge in [-0.15, -0.1) is 0 Å². The number of rotatable bonds is 4. The SMILES string of the molecule is COCc1[nH]n(Cc2ccccc2C)c(=O)c1N. The molecule has 3 N–H and O–H groups in total. The molecule has 0 bridgehead atoms. The lowest BCUT2D eigenvalue weighted by atomic mass is 10.1. The number of hydrogen-bond donors (Lipinski definition) is 2. The van der Waals surface area contributed by atoms with Crippen LogP contribution >= 0.6 is 0 Å². The van der Waals surface area contributed by atoms with Gasteiger partial charge in [-0.05, 0) is 18.1 Å². The molecule has 0 aliphatic carbocycles. The van der Waals surface area contributed by atoms with Gasteiger partial charge >= 0.3 is 0 Å². The van der Waals surface area contributed by atoms with E-state index in [0.29, 0.717) is 18.8 Å². The van der Waals surface area contributed by atoms with Crippen LogP contribution < -0.4 is 11.3 Å². The van der Waals surface area contributed by atoms with Crippen molar-refractivity contribution in [2.75, 3.05) is 12.8 Å². The smallest absolute Gasteiger partial charge is 0.290 e. The van der Waals surface area contributed by atoms with Crippen molar-refractivity contribution in [3.63, 3.8) is 0 Å². The molecule has 0 spiro atoms. The van der Waals surface area contributed by atoms with Crippen LogP contribution in [0.2, 0.25) is 0 Å². The molecule has 0 amide bonds. The van der Waals surface area contributed by atoms with Gasteiger partial charge in [0.2, 0.25) is 0 Å². The van der Waals surface area contributed by atoms with Crippen LogP contribution in [0.1, 0.15) is 16.8 Å². The summed E-state index contributed by atoms with van der Waals surface area (Å²) in [6, 6.07) is 7.94. The molecule has 1 aromatic carbocycles. The van der Waals surface area contributed by atoms with Crippen LogP contribution in [0.5, 0.6) is 0 Å². The van der Waals surface area contributed by atoms with E-state index < -0.39 is 0 Å². The average Bonchev–Trinajstić information content (AvgIpc) is 2.61. The Morgan fingerprint density at radius 2 is 2.11 bits per heavy atom. The summed E-state index contributed by atoms with van der Waals surface area (Å²) in [6.07, 6.45) is 0. The Morgan fingerprint density at radius 1 is 1.39 bits per heavy atom. The van der Waals surface area contributed by atoms with Crippen molar-refractivity contribution in [2.45, 2.75) is 20.1 Å². The maximum Gasteiger partial charge on any atom is 0.290 e. The van der Waals surface area contributed by atoms with Gasteiger partial charge in [-0.3, -0.25) is 9.89 Å². The largest absolute Gasteiger partial charge is 0.393 e. The molecule has 1 heterocycles. The number of ether oxygens (including phenoxy) is 1. The van der Waals surface area contributed by atoms with E-state index in [1.54, 1.807) is 7.11 Å². The van der Waals surface area contributed by atoms with E-state index in [1.165, 1.54) is 4.68 Å². The Balaban J connectivity index is 2.33. The second kappa shape index (κ2) is 5.10. The Labute approximate surface area is 105 Å². The standard InChI is InChI=1S/C13H17N3O2/c1-9-5-3-4-6-10(9)7-16-13(17)12(14)11(15-16)8-18-2/h3-6,15H,7-8,14H2,1-2H3. The first-order valence-corrected chi connectivity index (χ1v) is 5.74. The molecule has 96 valence electrons. The fourth-order valence-corrected chi connectivity index (χ4v) is 1.87. The average molecular weight is 247 g/mol. The van der Waals surface area contributed by atoms with Crippen molar-refractivity contribution in [2.24, 2.45) is 0 Å². The molecule has 1 aromatic heterocycles. The summed E-state index contributed by atoms with van der Waals surface area (Å²) in [5.74, 6) is 0. The van der Waals surface area contributed by atoms with Gasteiger partial charge in [0.1, 0.15) is 5.69 Å². The van der Waals surface area contributed by atoms with Crippen LogP contribution in [-0.2, 0) is 17.9 Å². The Morgan fingerprint density at radius 3 is 2.78 bits per heavy atom. The number of H-pyrrole nitrogens is 1. The van der Waals surface area contributed by atoms with Crippen molar-refractivity contribution in [1.82, 2.24) is 9.78 Å². The zero-order valence-electron chi connectivity index (χ0n) is 10.6. The lowest BCUT2D eigenvalue weighted by molar-refractivity contribution is 0.181. The fraction of sp³-hybridized carbons (Fsp3) is 0.308. The molecule has 0 aliphatic rings. The molecule has 0 saturated carbocycles. The summed E-state index contributed by atoms with van der Waals surface area (Å²) in [5.41, 5.74) is 8.61. The molecule has 5 nitrogen and oxygen atoms in total. The predicted octanol–water partition coefficient (Wildman–Crippen LogP) is 1.26. The zero-order chi connectivity index (χ0) is 13.1. The van der Waals surface area contributed by atoms with E-state index in [2.05, 4.69) is 5.10 Å². The summed E-state index contributed by atoms with van der Waals surface area (Å²) in [4.78, 5) is 11.9. The van der Waals surface area contributed by atoms with Crippen LogP contribution in [-0.4, -0.2) is 16.9 Å². The molecule has 0 saturated heterocycles. The molecule has 5 heteroatoms. The second-order valence-corrected chi connectivity index (χ2v) is 4.25.